The molecular weight excluding hydrogens is 230 g/mol. The summed E-state index contributed by atoms with van der Waals surface area (Å²) < 4.78 is 5.44. The standard InChI is InChI=1S/C13H25N3O2/c14-6-2-1-3-7-16-8-9-18-10-12(16)13(17)15-11-4-5-11/h11-12H,1-10,14H2,(H,15,17). The van der Waals surface area contributed by atoms with Crippen LogP contribution in [-0.4, -0.2) is 55.7 Å². The average molecular weight is 255 g/mol. The summed E-state index contributed by atoms with van der Waals surface area (Å²) in [5.41, 5.74) is 5.49. The van der Waals surface area contributed by atoms with Crippen LogP contribution in [0.5, 0.6) is 0 Å². The first-order valence-corrected chi connectivity index (χ1v) is 7.13. The molecule has 2 aliphatic rings. The summed E-state index contributed by atoms with van der Waals surface area (Å²) in [6.45, 7) is 3.88. The molecule has 0 aromatic rings. The molecule has 1 amide bonds. The molecule has 104 valence electrons. The van der Waals surface area contributed by atoms with Crippen molar-refractivity contribution in [3.8, 4) is 0 Å². The van der Waals surface area contributed by atoms with E-state index in [0.717, 1.165) is 58.3 Å². The van der Waals surface area contributed by atoms with Crippen molar-refractivity contribution in [3.05, 3.63) is 0 Å². The Morgan fingerprint density at radius 3 is 2.89 bits per heavy atom. The molecule has 2 rings (SSSR count). The normalized spacial score (nSPS) is 25.1. The smallest absolute Gasteiger partial charge is 0.239 e. The Hall–Kier alpha value is -0.650. The molecule has 1 saturated heterocycles. The van der Waals surface area contributed by atoms with E-state index in [1.807, 2.05) is 0 Å². The highest BCUT2D eigenvalue weighted by molar-refractivity contribution is 5.82. The summed E-state index contributed by atoms with van der Waals surface area (Å²) in [7, 11) is 0. The van der Waals surface area contributed by atoms with E-state index >= 15 is 0 Å². The molecule has 3 N–H and O–H groups in total. The minimum absolute atomic E-state index is 0.0859. The van der Waals surface area contributed by atoms with E-state index in [-0.39, 0.29) is 11.9 Å². The summed E-state index contributed by atoms with van der Waals surface area (Å²) in [5.74, 6) is 0.149. The molecule has 1 aliphatic heterocycles. The second-order valence-electron chi connectivity index (χ2n) is 5.26. The summed E-state index contributed by atoms with van der Waals surface area (Å²) in [6.07, 6.45) is 5.60. The third kappa shape index (κ3) is 4.23. The molecule has 0 aromatic heterocycles. The predicted octanol–water partition coefficient (Wildman–Crippen LogP) is 0.0948. The van der Waals surface area contributed by atoms with Crippen LogP contribution in [0.2, 0.25) is 0 Å². The monoisotopic (exact) mass is 255 g/mol. The first-order valence-electron chi connectivity index (χ1n) is 7.13. The number of ether oxygens (including phenoxy) is 1. The Bertz CT molecular complexity index is 269. The molecule has 1 saturated carbocycles. The number of amides is 1. The average Bonchev–Trinajstić information content (AvgIpc) is 3.19. The summed E-state index contributed by atoms with van der Waals surface area (Å²) in [4.78, 5) is 14.4. The first kappa shape index (κ1) is 13.8. The largest absolute Gasteiger partial charge is 0.378 e. The maximum atomic E-state index is 12.1. The van der Waals surface area contributed by atoms with Crippen molar-refractivity contribution in [2.24, 2.45) is 5.73 Å². The molecule has 1 heterocycles. The number of hydrogen-bond donors (Lipinski definition) is 2. The number of nitrogens with zero attached hydrogens (tertiary/aromatic N) is 1. The number of unbranched alkanes of at least 4 members (excludes halogenated alkanes) is 2. The first-order chi connectivity index (χ1) is 8.81. The number of nitrogens with two attached hydrogens (primary N) is 1. The van der Waals surface area contributed by atoms with Gasteiger partial charge in [0.25, 0.3) is 0 Å². The molecule has 1 atom stereocenters. The van der Waals surface area contributed by atoms with Gasteiger partial charge in [-0.3, -0.25) is 9.69 Å². The SMILES string of the molecule is NCCCCCN1CCOCC1C(=O)NC1CC1. The zero-order valence-electron chi connectivity index (χ0n) is 11.1. The number of rotatable bonds is 7. The highest BCUT2D eigenvalue weighted by Gasteiger charge is 2.32. The summed E-state index contributed by atoms with van der Waals surface area (Å²) in [5, 5.41) is 3.07. The van der Waals surface area contributed by atoms with Crippen LogP contribution in [0.4, 0.5) is 0 Å². The second-order valence-corrected chi connectivity index (χ2v) is 5.26. The van der Waals surface area contributed by atoms with Gasteiger partial charge in [-0.1, -0.05) is 6.42 Å². The maximum Gasteiger partial charge on any atom is 0.239 e. The van der Waals surface area contributed by atoms with E-state index in [1.54, 1.807) is 0 Å². The van der Waals surface area contributed by atoms with Gasteiger partial charge in [-0.2, -0.15) is 0 Å². The van der Waals surface area contributed by atoms with Gasteiger partial charge in [0.15, 0.2) is 0 Å². The number of carbonyl (C=O) groups excluding carboxylic acids is 1. The second kappa shape index (κ2) is 7.07. The van der Waals surface area contributed by atoms with Gasteiger partial charge in [0.05, 0.1) is 13.2 Å². The third-order valence-corrected chi connectivity index (χ3v) is 3.62. The van der Waals surface area contributed by atoms with Gasteiger partial charge in [0.2, 0.25) is 5.91 Å². The molecule has 1 aliphatic carbocycles. The van der Waals surface area contributed by atoms with E-state index in [4.69, 9.17) is 10.5 Å². The van der Waals surface area contributed by atoms with Crippen LogP contribution in [0.15, 0.2) is 0 Å². The Labute approximate surface area is 109 Å². The van der Waals surface area contributed by atoms with Gasteiger partial charge >= 0.3 is 0 Å². The molecule has 2 fully saturated rings. The van der Waals surface area contributed by atoms with Crippen LogP contribution >= 0.6 is 0 Å². The number of hydrogen-bond acceptors (Lipinski definition) is 4. The summed E-state index contributed by atoms with van der Waals surface area (Å²) in [6, 6.07) is 0.343. The molecule has 5 heteroatoms. The highest BCUT2D eigenvalue weighted by atomic mass is 16.5. The lowest BCUT2D eigenvalue weighted by Gasteiger charge is -2.34. The van der Waals surface area contributed by atoms with Crippen LogP contribution in [-0.2, 0) is 9.53 Å². The zero-order valence-corrected chi connectivity index (χ0v) is 11.1. The Morgan fingerprint density at radius 1 is 1.33 bits per heavy atom. The van der Waals surface area contributed by atoms with Crippen molar-refractivity contribution in [1.82, 2.24) is 10.2 Å². The molecule has 0 aromatic carbocycles. The van der Waals surface area contributed by atoms with E-state index in [9.17, 15) is 4.79 Å². The van der Waals surface area contributed by atoms with Gasteiger partial charge in [-0.15, -0.1) is 0 Å². The van der Waals surface area contributed by atoms with Gasteiger partial charge in [-0.05, 0) is 38.8 Å². The van der Waals surface area contributed by atoms with Gasteiger partial charge in [0.1, 0.15) is 6.04 Å². The van der Waals surface area contributed by atoms with Gasteiger partial charge in [0, 0.05) is 12.6 Å². The van der Waals surface area contributed by atoms with Crippen molar-refractivity contribution in [1.29, 1.82) is 0 Å². The Kier molecular flexibility index (Phi) is 5.41. The lowest BCUT2D eigenvalue weighted by molar-refractivity contribution is -0.132. The fourth-order valence-corrected chi connectivity index (χ4v) is 2.31. The van der Waals surface area contributed by atoms with Crippen LogP contribution in [0.25, 0.3) is 0 Å². The minimum atomic E-state index is -0.0859. The summed E-state index contributed by atoms with van der Waals surface area (Å²) >= 11 is 0. The van der Waals surface area contributed by atoms with E-state index < -0.39 is 0 Å². The fourth-order valence-electron chi connectivity index (χ4n) is 2.31. The highest BCUT2D eigenvalue weighted by Crippen LogP contribution is 2.19. The Balaban J connectivity index is 1.74. The van der Waals surface area contributed by atoms with Crippen molar-refractivity contribution >= 4 is 5.91 Å². The van der Waals surface area contributed by atoms with E-state index in [0.29, 0.717) is 12.6 Å². The third-order valence-electron chi connectivity index (χ3n) is 3.62. The van der Waals surface area contributed by atoms with Crippen molar-refractivity contribution in [2.75, 3.05) is 32.8 Å². The van der Waals surface area contributed by atoms with E-state index in [2.05, 4.69) is 10.2 Å². The quantitative estimate of drug-likeness (QED) is 0.633. The topological polar surface area (TPSA) is 67.6 Å². The molecule has 0 radical (unpaired) electrons. The lowest BCUT2D eigenvalue weighted by Crippen LogP contribution is -2.54. The maximum absolute atomic E-state index is 12.1. The van der Waals surface area contributed by atoms with Crippen molar-refractivity contribution in [3.63, 3.8) is 0 Å². The number of morpholine rings is 1. The van der Waals surface area contributed by atoms with Gasteiger partial charge < -0.3 is 15.8 Å². The number of carbonyl (C=O) groups is 1. The molecule has 0 spiro atoms. The molecule has 1 unspecified atom stereocenters. The lowest BCUT2D eigenvalue weighted by atomic mass is 10.1. The van der Waals surface area contributed by atoms with Crippen LogP contribution < -0.4 is 11.1 Å². The zero-order chi connectivity index (χ0) is 12.8. The molecule has 0 bridgehead atoms. The Morgan fingerprint density at radius 2 is 2.17 bits per heavy atom. The molecule has 5 nitrogen and oxygen atoms in total. The van der Waals surface area contributed by atoms with Crippen LogP contribution in [0.3, 0.4) is 0 Å². The van der Waals surface area contributed by atoms with E-state index in [1.165, 1.54) is 0 Å². The predicted molar refractivity (Wildman–Crippen MR) is 70.3 cm³/mol. The number of nitrogens with one attached hydrogen (secondary N) is 1. The van der Waals surface area contributed by atoms with Crippen LogP contribution in [0, 0.1) is 0 Å². The van der Waals surface area contributed by atoms with Crippen molar-refractivity contribution in [2.45, 2.75) is 44.2 Å². The molecular formula is C13H25N3O2. The molecule has 18 heavy (non-hydrogen) atoms. The van der Waals surface area contributed by atoms with Crippen molar-refractivity contribution < 1.29 is 9.53 Å². The van der Waals surface area contributed by atoms with Crippen LogP contribution in [0.1, 0.15) is 32.1 Å². The fraction of sp³-hybridized carbons (Fsp3) is 0.923. The minimum Gasteiger partial charge on any atom is -0.378 e. The van der Waals surface area contributed by atoms with Gasteiger partial charge in [-0.25, -0.2) is 0 Å².